The van der Waals surface area contributed by atoms with Crippen LogP contribution in [0.25, 0.3) is 0 Å². The Kier molecular flexibility index (Phi) is 4.25. The summed E-state index contributed by atoms with van der Waals surface area (Å²) in [6.45, 7) is 1.85. The lowest BCUT2D eigenvalue weighted by atomic mass is 10.4. The third-order valence-electron chi connectivity index (χ3n) is 1.49. The molecule has 0 bridgehead atoms. The van der Waals surface area contributed by atoms with Crippen LogP contribution in [-0.4, -0.2) is 16.5 Å². The Morgan fingerprint density at radius 1 is 1.69 bits per heavy atom. The van der Waals surface area contributed by atoms with E-state index >= 15 is 0 Å². The standard InChI is InChI=1S/C9H10ClNOS/c1-2-7(12)6-13-9-8(10)4-3-5-11-9/h3-5H,2,6H2,1H3. The summed E-state index contributed by atoms with van der Waals surface area (Å²) in [5.74, 6) is 0.666. The molecule has 1 aromatic heterocycles. The summed E-state index contributed by atoms with van der Waals surface area (Å²) in [5, 5.41) is 1.34. The van der Waals surface area contributed by atoms with E-state index in [2.05, 4.69) is 4.98 Å². The van der Waals surface area contributed by atoms with Gasteiger partial charge in [-0.05, 0) is 12.1 Å². The van der Waals surface area contributed by atoms with E-state index in [1.807, 2.05) is 6.92 Å². The molecule has 1 aromatic rings. The molecule has 0 aromatic carbocycles. The second-order valence-electron chi connectivity index (χ2n) is 2.47. The van der Waals surface area contributed by atoms with Gasteiger partial charge in [0.2, 0.25) is 0 Å². The summed E-state index contributed by atoms with van der Waals surface area (Å²) in [6, 6.07) is 3.54. The van der Waals surface area contributed by atoms with Crippen molar-refractivity contribution in [3.63, 3.8) is 0 Å². The van der Waals surface area contributed by atoms with E-state index in [0.717, 1.165) is 5.03 Å². The average Bonchev–Trinajstić information content (AvgIpc) is 2.16. The first-order chi connectivity index (χ1) is 6.24. The molecule has 0 saturated carbocycles. The Balaban J connectivity index is 2.54. The zero-order chi connectivity index (χ0) is 9.68. The molecule has 2 nitrogen and oxygen atoms in total. The Morgan fingerprint density at radius 2 is 2.46 bits per heavy atom. The highest BCUT2D eigenvalue weighted by Crippen LogP contribution is 2.23. The third kappa shape index (κ3) is 3.36. The summed E-state index contributed by atoms with van der Waals surface area (Å²) < 4.78 is 0. The fourth-order valence-corrected chi connectivity index (χ4v) is 1.86. The van der Waals surface area contributed by atoms with Crippen LogP contribution in [0.15, 0.2) is 23.4 Å². The van der Waals surface area contributed by atoms with Crippen LogP contribution in [0.2, 0.25) is 5.02 Å². The van der Waals surface area contributed by atoms with E-state index < -0.39 is 0 Å². The van der Waals surface area contributed by atoms with Crippen LogP contribution in [0.1, 0.15) is 13.3 Å². The second-order valence-corrected chi connectivity index (χ2v) is 3.84. The molecule has 0 N–H and O–H groups in total. The van der Waals surface area contributed by atoms with Crippen LogP contribution < -0.4 is 0 Å². The van der Waals surface area contributed by atoms with Crippen molar-refractivity contribution in [2.45, 2.75) is 18.4 Å². The van der Waals surface area contributed by atoms with Crippen molar-refractivity contribution in [2.75, 3.05) is 5.75 Å². The van der Waals surface area contributed by atoms with Crippen molar-refractivity contribution in [1.29, 1.82) is 0 Å². The molecule has 70 valence electrons. The summed E-state index contributed by atoms with van der Waals surface area (Å²) >= 11 is 7.24. The van der Waals surface area contributed by atoms with Gasteiger partial charge in [-0.2, -0.15) is 0 Å². The highest BCUT2D eigenvalue weighted by atomic mass is 35.5. The molecule has 1 heterocycles. The van der Waals surface area contributed by atoms with Crippen molar-refractivity contribution in [1.82, 2.24) is 4.98 Å². The van der Waals surface area contributed by atoms with Crippen LogP contribution in [-0.2, 0) is 4.79 Å². The lowest BCUT2D eigenvalue weighted by Crippen LogP contribution is -1.98. The molecule has 0 unspecified atom stereocenters. The number of pyridine rings is 1. The van der Waals surface area contributed by atoms with Crippen molar-refractivity contribution in [2.24, 2.45) is 0 Å². The molecular formula is C9H10ClNOS. The number of Topliss-reactive ketones (excluding diaryl/α,β-unsaturated/α-hetero) is 1. The minimum absolute atomic E-state index is 0.215. The number of aromatic nitrogens is 1. The van der Waals surface area contributed by atoms with Gasteiger partial charge in [-0.3, -0.25) is 4.79 Å². The first-order valence-corrected chi connectivity index (χ1v) is 5.35. The number of carbonyl (C=O) groups excluding carboxylic acids is 1. The van der Waals surface area contributed by atoms with Crippen LogP contribution in [0.3, 0.4) is 0 Å². The zero-order valence-corrected chi connectivity index (χ0v) is 8.86. The monoisotopic (exact) mass is 215 g/mol. The summed E-state index contributed by atoms with van der Waals surface area (Å²) in [6.07, 6.45) is 2.24. The molecule has 0 aliphatic heterocycles. The first-order valence-electron chi connectivity index (χ1n) is 3.99. The van der Waals surface area contributed by atoms with Gasteiger partial charge in [0.25, 0.3) is 0 Å². The minimum atomic E-state index is 0.215. The molecule has 0 atom stereocenters. The van der Waals surface area contributed by atoms with Gasteiger partial charge < -0.3 is 0 Å². The van der Waals surface area contributed by atoms with E-state index in [0.29, 0.717) is 17.2 Å². The number of halogens is 1. The minimum Gasteiger partial charge on any atom is -0.299 e. The molecule has 4 heteroatoms. The molecule has 0 spiro atoms. The maximum absolute atomic E-state index is 11.0. The average molecular weight is 216 g/mol. The Bertz CT molecular complexity index is 303. The van der Waals surface area contributed by atoms with Gasteiger partial charge in [-0.25, -0.2) is 4.98 Å². The molecule has 1 rings (SSSR count). The van der Waals surface area contributed by atoms with Gasteiger partial charge in [0.05, 0.1) is 10.8 Å². The largest absolute Gasteiger partial charge is 0.299 e. The number of carbonyl (C=O) groups is 1. The third-order valence-corrected chi connectivity index (χ3v) is 2.97. The van der Waals surface area contributed by atoms with Gasteiger partial charge in [-0.1, -0.05) is 30.3 Å². The summed E-state index contributed by atoms with van der Waals surface area (Å²) in [4.78, 5) is 15.1. The molecule has 0 fully saturated rings. The molecule has 0 radical (unpaired) electrons. The summed E-state index contributed by atoms with van der Waals surface area (Å²) in [5.41, 5.74) is 0. The van der Waals surface area contributed by atoms with E-state index in [4.69, 9.17) is 11.6 Å². The van der Waals surface area contributed by atoms with Crippen LogP contribution in [0, 0.1) is 0 Å². The highest BCUT2D eigenvalue weighted by molar-refractivity contribution is 8.00. The lowest BCUT2D eigenvalue weighted by molar-refractivity contribution is -0.116. The molecular weight excluding hydrogens is 206 g/mol. The number of hydrogen-bond donors (Lipinski definition) is 0. The maximum atomic E-state index is 11.0. The molecule has 0 amide bonds. The van der Waals surface area contributed by atoms with E-state index in [-0.39, 0.29) is 5.78 Å². The molecule has 0 aliphatic carbocycles. The fraction of sp³-hybridized carbons (Fsp3) is 0.333. The fourth-order valence-electron chi connectivity index (χ4n) is 0.728. The zero-order valence-electron chi connectivity index (χ0n) is 7.29. The van der Waals surface area contributed by atoms with Gasteiger partial charge in [0.1, 0.15) is 10.8 Å². The van der Waals surface area contributed by atoms with Gasteiger partial charge in [-0.15, -0.1) is 0 Å². The van der Waals surface area contributed by atoms with Crippen LogP contribution in [0.4, 0.5) is 0 Å². The van der Waals surface area contributed by atoms with E-state index in [9.17, 15) is 4.79 Å². The Hall–Kier alpha value is -0.540. The van der Waals surface area contributed by atoms with E-state index in [1.165, 1.54) is 11.8 Å². The number of hydrogen-bond acceptors (Lipinski definition) is 3. The predicted molar refractivity (Wildman–Crippen MR) is 55.3 cm³/mol. The predicted octanol–water partition coefficient (Wildman–Crippen LogP) is 2.81. The first kappa shape index (κ1) is 10.5. The number of thioether (sulfide) groups is 1. The quantitative estimate of drug-likeness (QED) is 0.724. The normalized spacial score (nSPS) is 10.0. The molecule has 0 saturated heterocycles. The number of ketones is 1. The lowest BCUT2D eigenvalue weighted by Gasteiger charge is -2.00. The topological polar surface area (TPSA) is 30.0 Å². The van der Waals surface area contributed by atoms with Gasteiger partial charge >= 0.3 is 0 Å². The van der Waals surface area contributed by atoms with Crippen LogP contribution >= 0.6 is 23.4 Å². The number of nitrogens with zero attached hydrogens (tertiary/aromatic N) is 1. The number of rotatable bonds is 4. The van der Waals surface area contributed by atoms with Crippen molar-refractivity contribution >= 4 is 29.1 Å². The second kappa shape index (κ2) is 5.25. The van der Waals surface area contributed by atoms with Crippen molar-refractivity contribution in [3.8, 4) is 0 Å². The van der Waals surface area contributed by atoms with Gasteiger partial charge in [0.15, 0.2) is 0 Å². The van der Waals surface area contributed by atoms with Gasteiger partial charge in [0, 0.05) is 12.6 Å². The maximum Gasteiger partial charge on any atom is 0.142 e. The smallest absolute Gasteiger partial charge is 0.142 e. The van der Waals surface area contributed by atoms with Crippen molar-refractivity contribution in [3.05, 3.63) is 23.4 Å². The van der Waals surface area contributed by atoms with Crippen LogP contribution in [0.5, 0.6) is 0 Å². The molecule has 0 aliphatic rings. The summed E-state index contributed by atoms with van der Waals surface area (Å²) in [7, 11) is 0. The SMILES string of the molecule is CCC(=O)CSc1ncccc1Cl. The Morgan fingerprint density at radius 3 is 3.08 bits per heavy atom. The molecule has 13 heavy (non-hydrogen) atoms. The van der Waals surface area contributed by atoms with Crippen molar-refractivity contribution < 1.29 is 4.79 Å². The highest BCUT2D eigenvalue weighted by Gasteiger charge is 2.04. The van der Waals surface area contributed by atoms with E-state index in [1.54, 1.807) is 18.3 Å². The Labute approximate surface area is 86.7 Å².